The molecular weight excluding hydrogens is 524 g/mol. The summed E-state index contributed by atoms with van der Waals surface area (Å²) in [6.45, 7) is -3.34. The number of hydrogen-bond acceptors (Lipinski definition) is 11. The van der Waals surface area contributed by atoms with Gasteiger partial charge in [0.2, 0.25) is 0 Å². The van der Waals surface area contributed by atoms with Crippen molar-refractivity contribution in [3.8, 4) is 12.3 Å². The second-order valence-corrected chi connectivity index (χ2v) is 10.8. The van der Waals surface area contributed by atoms with Gasteiger partial charge in [-0.15, -0.1) is 6.42 Å². The summed E-state index contributed by atoms with van der Waals surface area (Å²) in [6, 6.07) is 0.787. The van der Waals surface area contributed by atoms with Crippen LogP contribution in [0.2, 0.25) is 0 Å². The van der Waals surface area contributed by atoms with Crippen LogP contribution in [0.1, 0.15) is 6.23 Å². The molecular formula is C12H16FN2O15P3. The molecule has 0 bridgehead atoms. The van der Waals surface area contributed by atoms with E-state index in [4.69, 9.17) is 25.8 Å². The molecule has 1 saturated heterocycles. The summed E-state index contributed by atoms with van der Waals surface area (Å²) in [5.41, 5.74) is -7.76. The molecule has 1 aromatic rings. The third-order valence-corrected chi connectivity index (χ3v) is 7.87. The number of rotatable bonds is 9. The van der Waals surface area contributed by atoms with Gasteiger partial charge in [-0.25, -0.2) is 22.9 Å². The first-order chi connectivity index (χ1) is 14.9. The normalized spacial score (nSPS) is 31.5. The van der Waals surface area contributed by atoms with Gasteiger partial charge in [-0.2, -0.15) is 8.62 Å². The average Bonchev–Trinajstić information content (AvgIpc) is 2.86. The lowest BCUT2D eigenvalue weighted by molar-refractivity contribution is -0.137. The number of aliphatic hydroxyl groups is 2. The highest BCUT2D eigenvalue weighted by molar-refractivity contribution is 7.66. The van der Waals surface area contributed by atoms with E-state index in [9.17, 15) is 42.8 Å². The Balaban J connectivity index is 2.35. The lowest BCUT2D eigenvalue weighted by Crippen LogP contribution is -2.54. The predicted octanol–water partition coefficient (Wildman–Crippen LogP) is -2.16. The number of H-pyrrole nitrogens is 1. The zero-order chi connectivity index (χ0) is 25.5. The van der Waals surface area contributed by atoms with Gasteiger partial charge < -0.3 is 34.5 Å². The summed E-state index contributed by atoms with van der Waals surface area (Å²) in [7, 11) is -17.4. The van der Waals surface area contributed by atoms with Gasteiger partial charge in [-0.3, -0.25) is 18.9 Å². The van der Waals surface area contributed by atoms with E-state index in [1.807, 2.05) is 0 Å². The summed E-state index contributed by atoms with van der Waals surface area (Å²) in [5, 5.41) is 21.1. The average molecular weight is 540 g/mol. The Kier molecular flexibility index (Phi) is 7.77. The van der Waals surface area contributed by atoms with Gasteiger partial charge in [-0.05, 0) is 0 Å². The van der Waals surface area contributed by atoms with Gasteiger partial charge in [0.1, 0.15) is 12.8 Å². The number of nitrogens with one attached hydrogen (secondary N) is 1. The van der Waals surface area contributed by atoms with Crippen molar-refractivity contribution in [2.75, 3.05) is 13.3 Å². The maximum absolute atomic E-state index is 13.9. The number of hydrogen-bond donors (Lipinski definition) is 7. The number of aromatic amines is 1. The van der Waals surface area contributed by atoms with E-state index in [0.717, 1.165) is 12.3 Å². The molecule has 186 valence electrons. The molecule has 3 unspecified atom stereocenters. The fourth-order valence-electron chi connectivity index (χ4n) is 2.69. The summed E-state index contributed by atoms with van der Waals surface area (Å²) in [4.78, 5) is 60.7. The van der Waals surface area contributed by atoms with E-state index < -0.39 is 71.5 Å². The molecule has 0 saturated carbocycles. The second kappa shape index (κ2) is 9.25. The molecule has 0 radical (unpaired) electrons. The van der Waals surface area contributed by atoms with Crippen molar-refractivity contribution >= 4 is 23.5 Å². The maximum Gasteiger partial charge on any atom is 0.490 e. The fraction of sp³-hybridized carbons (Fsp3) is 0.500. The van der Waals surface area contributed by atoms with Crippen molar-refractivity contribution in [2.45, 2.75) is 23.5 Å². The fourth-order valence-corrected chi connectivity index (χ4v) is 5.77. The molecule has 33 heavy (non-hydrogen) atoms. The third-order valence-electron chi connectivity index (χ3n) is 4.09. The number of terminal acetylenes is 1. The first kappa shape index (κ1) is 27.7. The lowest BCUT2D eigenvalue weighted by atomic mass is 9.87. The van der Waals surface area contributed by atoms with Crippen LogP contribution in [0.15, 0.2) is 21.9 Å². The van der Waals surface area contributed by atoms with Gasteiger partial charge in [0.15, 0.2) is 17.4 Å². The summed E-state index contributed by atoms with van der Waals surface area (Å²) in [6.07, 6.45) is 1.40. The van der Waals surface area contributed by atoms with E-state index in [0.29, 0.717) is 4.57 Å². The Bertz CT molecular complexity index is 1200. The van der Waals surface area contributed by atoms with E-state index >= 15 is 0 Å². The lowest BCUT2D eigenvalue weighted by Gasteiger charge is -2.30. The van der Waals surface area contributed by atoms with Crippen molar-refractivity contribution in [2.24, 2.45) is 0 Å². The number of alkyl halides is 1. The van der Waals surface area contributed by atoms with Crippen LogP contribution in [0.3, 0.4) is 0 Å². The summed E-state index contributed by atoms with van der Waals surface area (Å²) in [5.74, 6) is 1.68. The number of phosphoric acid groups is 3. The molecule has 1 aliphatic heterocycles. The molecule has 6 atom stereocenters. The molecule has 17 nitrogen and oxygen atoms in total. The minimum absolute atomic E-state index is 0.465. The van der Waals surface area contributed by atoms with E-state index in [2.05, 4.69) is 13.1 Å². The van der Waals surface area contributed by atoms with Crippen LogP contribution in [-0.4, -0.2) is 69.9 Å². The highest BCUT2D eigenvalue weighted by Crippen LogP contribution is 2.66. The standard InChI is InChI=1S/C12H16FN2O15P3/c1-2-12(19)8(17)11(5-13,28-9(12)15-4-3-7(16)14-10(15)18)6-27-32(23,24)30-33(25,26)29-31(20,21)22/h1,3-4,8-9,17,19H,5-6H2,(H,23,24)(H,25,26)(H,14,16,18)(H2,20,21,22)/t8-,9?,11-,12-/m1/s1. The number of nitrogens with zero attached hydrogens (tertiary/aromatic N) is 1. The van der Waals surface area contributed by atoms with Gasteiger partial charge in [0, 0.05) is 12.3 Å². The van der Waals surface area contributed by atoms with E-state index in [-0.39, 0.29) is 0 Å². The van der Waals surface area contributed by atoms with Crippen LogP contribution in [-0.2, 0) is 31.6 Å². The van der Waals surface area contributed by atoms with Crippen LogP contribution in [0.25, 0.3) is 0 Å². The van der Waals surface area contributed by atoms with E-state index in [1.165, 1.54) is 0 Å². The first-order valence-corrected chi connectivity index (χ1v) is 12.6. The highest BCUT2D eigenvalue weighted by atomic mass is 31.3. The molecule has 2 heterocycles. The van der Waals surface area contributed by atoms with Crippen LogP contribution in [0.4, 0.5) is 4.39 Å². The van der Waals surface area contributed by atoms with Crippen molar-refractivity contribution in [3.05, 3.63) is 33.1 Å². The number of phosphoric ester groups is 1. The number of aliphatic hydroxyl groups excluding tert-OH is 1. The Morgan fingerprint density at radius 2 is 1.82 bits per heavy atom. The molecule has 0 spiro atoms. The topological polar surface area (TPSA) is 264 Å². The first-order valence-electron chi connectivity index (χ1n) is 8.12. The molecule has 21 heteroatoms. The van der Waals surface area contributed by atoms with Crippen LogP contribution >= 0.6 is 23.5 Å². The van der Waals surface area contributed by atoms with Crippen LogP contribution < -0.4 is 11.2 Å². The Morgan fingerprint density at radius 1 is 1.21 bits per heavy atom. The predicted molar refractivity (Wildman–Crippen MR) is 99.8 cm³/mol. The zero-order valence-electron chi connectivity index (χ0n) is 15.8. The highest BCUT2D eigenvalue weighted by Gasteiger charge is 2.65. The molecule has 7 N–H and O–H groups in total. The molecule has 0 amide bonds. The number of ether oxygens (including phenoxy) is 1. The molecule has 1 fully saturated rings. The Hall–Kier alpha value is -1.54. The molecule has 0 aliphatic carbocycles. The quantitative estimate of drug-likeness (QED) is 0.130. The summed E-state index contributed by atoms with van der Waals surface area (Å²) >= 11 is 0. The molecule has 2 rings (SSSR count). The van der Waals surface area contributed by atoms with Crippen molar-refractivity contribution in [1.82, 2.24) is 9.55 Å². The van der Waals surface area contributed by atoms with Gasteiger partial charge in [0.25, 0.3) is 5.56 Å². The van der Waals surface area contributed by atoms with Gasteiger partial charge >= 0.3 is 29.2 Å². The molecule has 0 aromatic carbocycles. The number of halogens is 1. The second-order valence-electron chi connectivity index (χ2n) is 6.42. The van der Waals surface area contributed by atoms with Crippen molar-refractivity contribution in [1.29, 1.82) is 0 Å². The largest absolute Gasteiger partial charge is 0.490 e. The van der Waals surface area contributed by atoms with Crippen LogP contribution in [0.5, 0.6) is 0 Å². The van der Waals surface area contributed by atoms with Crippen molar-refractivity contribution in [3.63, 3.8) is 0 Å². The SMILES string of the molecule is C#C[C@]1(O)C(n2ccc(=O)[nH]c2=O)O[C@](CF)(COP(=O)(O)OP(=O)(O)OP(=O)(O)O)[C@H]1O. The Morgan fingerprint density at radius 3 is 2.30 bits per heavy atom. The van der Waals surface area contributed by atoms with E-state index in [1.54, 1.807) is 10.9 Å². The maximum atomic E-state index is 13.9. The molecule has 1 aliphatic rings. The van der Waals surface area contributed by atoms with Crippen molar-refractivity contribution < 1.29 is 65.8 Å². The summed E-state index contributed by atoms with van der Waals surface area (Å²) < 4.78 is 64.7. The smallest absolute Gasteiger partial charge is 0.386 e. The van der Waals surface area contributed by atoms with Gasteiger partial charge in [-0.1, -0.05) is 5.92 Å². The zero-order valence-corrected chi connectivity index (χ0v) is 18.5. The molecule has 1 aromatic heterocycles. The Labute approximate surface area is 181 Å². The third kappa shape index (κ3) is 6.13. The van der Waals surface area contributed by atoms with Crippen LogP contribution in [0, 0.1) is 12.3 Å². The number of aromatic nitrogens is 2. The van der Waals surface area contributed by atoms with Gasteiger partial charge in [0.05, 0.1) is 6.61 Å². The minimum atomic E-state index is -5.90. The monoisotopic (exact) mass is 540 g/mol. The minimum Gasteiger partial charge on any atom is -0.386 e.